The molecule has 0 spiro atoms. The molecule has 1 saturated carbocycles. The topological polar surface area (TPSA) is 65.1 Å². The average Bonchev–Trinajstić information content (AvgIpc) is 3.13. The lowest BCUT2D eigenvalue weighted by Gasteiger charge is -2.26. The first kappa shape index (κ1) is 13.5. The Balaban J connectivity index is 1.89. The van der Waals surface area contributed by atoms with Crippen LogP contribution in [0.25, 0.3) is 0 Å². The van der Waals surface area contributed by atoms with Crippen LogP contribution in [0.1, 0.15) is 31.9 Å². The SMILES string of the molecule is CCOC(C1CC1)C(CCc1ccnn1C)NN. The smallest absolute Gasteiger partial charge is 0.0769 e. The molecule has 0 saturated heterocycles. The quantitative estimate of drug-likeness (QED) is 0.535. The van der Waals surface area contributed by atoms with Crippen molar-refractivity contribution in [3.63, 3.8) is 0 Å². The van der Waals surface area contributed by atoms with Crippen molar-refractivity contribution in [3.05, 3.63) is 18.0 Å². The zero-order chi connectivity index (χ0) is 13.0. The summed E-state index contributed by atoms with van der Waals surface area (Å²) in [5.41, 5.74) is 4.17. The van der Waals surface area contributed by atoms with E-state index in [1.54, 1.807) is 0 Å². The van der Waals surface area contributed by atoms with Crippen LogP contribution in [0.2, 0.25) is 0 Å². The third-order valence-electron chi connectivity index (χ3n) is 3.69. The summed E-state index contributed by atoms with van der Waals surface area (Å²) in [7, 11) is 1.97. The van der Waals surface area contributed by atoms with E-state index >= 15 is 0 Å². The molecule has 1 fully saturated rings. The van der Waals surface area contributed by atoms with Crippen molar-refractivity contribution < 1.29 is 4.74 Å². The molecule has 0 amide bonds. The Morgan fingerprint density at radius 1 is 1.61 bits per heavy atom. The molecule has 2 rings (SSSR count). The average molecular weight is 252 g/mol. The number of rotatable bonds is 8. The first-order valence-corrected chi connectivity index (χ1v) is 6.80. The fraction of sp³-hybridized carbons (Fsp3) is 0.769. The lowest BCUT2D eigenvalue weighted by molar-refractivity contribution is 0.0169. The van der Waals surface area contributed by atoms with Gasteiger partial charge in [0.1, 0.15) is 0 Å². The Hall–Kier alpha value is -0.910. The summed E-state index contributed by atoms with van der Waals surface area (Å²) < 4.78 is 7.77. The molecule has 2 unspecified atom stereocenters. The number of nitrogens with two attached hydrogens (primary N) is 1. The Morgan fingerprint density at radius 3 is 2.89 bits per heavy atom. The molecule has 102 valence electrons. The number of aromatic nitrogens is 2. The number of nitrogens with one attached hydrogen (secondary N) is 1. The van der Waals surface area contributed by atoms with Gasteiger partial charge in [-0.25, -0.2) is 0 Å². The van der Waals surface area contributed by atoms with Gasteiger partial charge in [0.15, 0.2) is 0 Å². The highest BCUT2D eigenvalue weighted by Gasteiger charge is 2.36. The van der Waals surface area contributed by atoms with E-state index in [2.05, 4.69) is 16.6 Å². The molecule has 1 aromatic rings. The zero-order valence-corrected chi connectivity index (χ0v) is 11.3. The summed E-state index contributed by atoms with van der Waals surface area (Å²) in [4.78, 5) is 0. The van der Waals surface area contributed by atoms with Crippen LogP contribution in [0.5, 0.6) is 0 Å². The lowest BCUT2D eigenvalue weighted by atomic mass is 10.0. The molecule has 0 aliphatic heterocycles. The number of hydrogen-bond acceptors (Lipinski definition) is 4. The first-order valence-electron chi connectivity index (χ1n) is 6.80. The Bertz CT molecular complexity index is 362. The van der Waals surface area contributed by atoms with Gasteiger partial charge in [-0.1, -0.05) is 0 Å². The van der Waals surface area contributed by atoms with Crippen molar-refractivity contribution in [3.8, 4) is 0 Å². The molecule has 1 aromatic heterocycles. The maximum atomic E-state index is 5.85. The standard InChI is InChI=1S/C13H24N4O/c1-3-18-13(10-4-5-10)12(16-14)7-6-11-8-9-15-17(11)2/h8-10,12-13,16H,3-7,14H2,1-2H3. The van der Waals surface area contributed by atoms with Gasteiger partial charge in [-0.05, 0) is 44.6 Å². The second-order valence-corrected chi connectivity index (χ2v) is 5.02. The predicted molar refractivity (Wildman–Crippen MR) is 70.8 cm³/mol. The number of nitrogens with zero attached hydrogens (tertiary/aromatic N) is 2. The minimum absolute atomic E-state index is 0.229. The van der Waals surface area contributed by atoms with E-state index in [1.807, 2.05) is 24.9 Å². The fourth-order valence-corrected chi connectivity index (χ4v) is 2.49. The number of ether oxygens (including phenoxy) is 1. The maximum Gasteiger partial charge on any atom is 0.0769 e. The highest BCUT2D eigenvalue weighted by atomic mass is 16.5. The van der Waals surface area contributed by atoms with Gasteiger partial charge in [0, 0.05) is 31.6 Å². The van der Waals surface area contributed by atoms with Crippen LogP contribution in [-0.2, 0) is 18.2 Å². The van der Waals surface area contributed by atoms with Crippen molar-refractivity contribution in [1.82, 2.24) is 15.2 Å². The van der Waals surface area contributed by atoms with E-state index in [4.69, 9.17) is 10.6 Å². The molecular formula is C13H24N4O. The van der Waals surface area contributed by atoms with E-state index in [0.717, 1.165) is 19.4 Å². The van der Waals surface area contributed by atoms with Crippen LogP contribution in [-0.4, -0.2) is 28.5 Å². The minimum atomic E-state index is 0.229. The highest BCUT2D eigenvalue weighted by molar-refractivity contribution is 5.01. The van der Waals surface area contributed by atoms with Crippen molar-refractivity contribution in [2.24, 2.45) is 18.8 Å². The van der Waals surface area contributed by atoms with Gasteiger partial charge in [0.2, 0.25) is 0 Å². The summed E-state index contributed by atoms with van der Waals surface area (Å²) in [5.74, 6) is 6.39. The van der Waals surface area contributed by atoms with E-state index < -0.39 is 0 Å². The highest BCUT2D eigenvalue weighted by Crippen LogP contribution is 2.36. The van der Waals surface area contributed by atoms with Crippen LogP contribution in [0, 0.1) is 5.92 Å². The minimum Gasteiger partial charge on any atom is -0.377 e. The van der Waals surface area contributed by atoms with Gasteiger partial charge in [-0.2, -0.15) is 5.10 Å². The van der Waals surface area contributed by atoms with Crippen LogP contribution >= 0.6 is 0 Å². The molecule has 0 radical (unpaired) electrons. The second kappa shape index (κ2) is 6.31. The Labute approximate surface area is 109 Å². The fourth-order valence-electron chi connectivity index (χ4n) is 2.49. The maximum absolute atomic E-state index is 5.85. The second-order valence-electron chi connectivity index (χ2n) is 5.02. The van der Waals surface area contributed by atoms with Gasteiger partial charge >= 0.3 is 0 Å². The van der Waals surface area contributed by atoms with E-state index in [9.17, 15) is 0 Å². The monoisotopic (exact) mass is 252 g/mol. The van der Waals surface area contributed by atoms with Crippen molar-refractivity contribution in [2.75, 3.05) is 6.61 Å². The van der Waals surface area contributed by atoms with Crippen LogP contribution in [0.4, 0.5) is 0 Å². The Kier molecular flexibility index (Phi) is 4.74. The molecule has 1 aliphatic carbocycles. The van der Waals surface area contributed by atoms with E-state index in [0.29, 0.717) is 5.92 Å². The third-order valence-corrected chi connectivity index (χ3v) is 3.69. The van der Waals surface area contributed by atoms with Crippen LogP contribution < -0.4 is 11.3 Å². The molecule has 1 aliphatic rings. The van der Waals surface area contributed by atoms with Gasteiger partial charge in [0.05, 0.1) is 6.10 Å². The van der Waals surface area contributed by atoms with Crippen molar-refractivity contribution >= 4 is 0 Å². The molecule has 0 aromatic carbocycles. The first-order chi connectivity index (χ1) is 8.76. The largest absolute Gasteiger partial charge is 0.377 e. The molecule has 3 N–H and O–H groups in total. The summed E-state index contributed by atoms with van der Waals surface area (Å²) in [6, 6.07) is 2.28. The predicted octanol–water partition coefficient (Wildman–Crippen LogP) is 1.000. The van der Waals surface area contributed by atoms with Crippen LogP contribution in [0.3, 0.4) is 0 Å². The number of hydrazine groups is 1. The molecular weight excluding hydrogens is 228 g/mol. The lowest BCUT2D eigenvalue weighted by Crippen LogP contribution is -2.46. The van der Waals surface area contributed by atoms with Gasteiger partial charge < -0.3 is 4.74 Å². The van der Waals surface area contributed by atoms with E-state index in [-0.39, 0.29) is 12.1 Å². The van der Waals surface area contributed by atoms with Crippen molar-refractivity contribution in [1.29, 1.82) is 0 Å². The van der Waals surface area contributed by atoms with Crippen LogP contribution in [0.15, 0.2) is 12.3 Å². The van der Waals surface area contributed by atoms with Gasteiger partial charge in [-0.15, -0.1) is 0 Å². The normalized spacial score (nSPS) is 18.8. The van der Waals surface area contributed by atoms with E-state index in [1.165, 1.54) is 18.5 Å². The molecule has 5 nitrogen and oxygen atoms in total. The molecule has 0 bridgehead atoms. The molecule has 18 heavy (non-hydrogen) atoms. The summed E-state index contributed by atoms with van der Waals surface area (Å²) >= 11 is 0. The van der Waals surface area contributed by atoms with Gasteiger partial charge in [0.25, 0.3) is 0 Å². The molecule has 1 heterocycles. The zero-order valence-electron chi connectivity index (χ0n) is 11.3. The number of aryl methyl sites for hydroxylation is 2. The molecule has 2 atom stereocenters. The summed E-state index contributed by atoms with van der Waals surface area (Å²) in [6.45, 7) is 2.80. The summed E-state index contributed by atoms with van der Waals surface area (Å²) in [6.07, 6.45) is 6.59. The van der Waals surface area contributed by atoms with Gasteiger partial charge in [-0.3, -0.25) is 16.0 Å². The molecule has 5 heteroatoms. The summed E-state index contributed by atoms with van der Waals surface area (Å²) in [5, 5.41) is 4.18. The third kappa shape index (κ3) is 3.31. The number of hydrogen-bond donors (Lipinski definition) is 2. The Morgan fingerprint density at radius 2 is 2.39 bits per heavy atom. The van der Waals surface area contributed by atoms with Crippen molar-refractivity contribution in [2.45, 2.75) is 44.8 Å².